The molecule has 3 nitrogen and oxygen atoms in total. The van der Waals surface area contributed by atoms with Crippen LogP contribution in [0.3, 0.4) is 0 Å². The third kappa shape index (κ3) is 16.7. The van der Waals surface area contributed by atoms with E-state index in [1.165, 1.54) is 92.0 Å². The van der Waals surface area contributed by atoms with Gasteiger partial charge in [-0.1, -0.05) is 0 Å². The van der Waals surface area contributed by atoms with Crippen LogP contribution in [-0.2, 0) is 0 Å². The van der Waals surface area contributed by atoms with Crippen LogP contribution in [0.5, 0.6) is 0 Å². The van der Waals surface area contributed by atoms with Crippen LogP contribution in [0.1, 0.15) is 83.1 Å². The topological polar surface area (TPSA) is 0 Å². The van der Waals surface area contributed by atoms with Crippen LogP contribution in [0.25, 0.3) is 0 Å². The first kappa shape index (κ1) is 44.7. The van der Waals surface area contributed by atoms with Crippen LogP contribution in [0.2, 0.25) is 0 Å². The standard InChI is InChI=1S/3C8H20N.2BrH.ClH/c3*1-5-9(6-2,7-3)8-4;;;/h3*5-8H2,1-4H3;3*1H/q3*+1;;;/p-3. The molecule has 0 atom stereocenters. The highest BCUT2D eigenvalue weighted by molar-refractivity contribution is 4.32. The van der Waals surface area contributed by atoms with Crippen molar-refractivity contribution in [2.45, 2.75) is 83.1 Å². The number of quaternary nitrogens is 3. The Morgan fingerprint density at radius 2 is 0.333 bits per heavy atom. The van der Waals surface area contributed by atoms with Gasteiger partial charge in [0, 0.05) is 0 Å². The van der Waals surface area contributed by atoms with E-state index in [-0.39, 0.29) is 46.4 Å². The summed E-state index contributed by atoms with van der Waals surface area (Å²) in [7, 11) is 0. The number of halogens is 3. The SMILES string of the molecule is CC[N+](CC)(CC)CC.CC[N+](CC)(CC)CC.CC[N+](CC)(CC)CC.[Br-].[Br-].[Cl-]. The van der Waals surface area contributed by atoms with Gasteiger partial charge in [0.1, 0.15) is 0 Å². The highest BCUT2D eigenvalue weighted by Crippen LogP contribution is 2.04. The minimum absolute atomic E-state index is 0. The summed E-state index contributed by atoms with van der Waals surface area (Å²) in [5, 5.41) is 0. The lowest BCUT2D eigenvalue weighted by molar-refractivity contribution is -0.921. The Labute approximate surface area is 220 Å². The van der Waals surface area contributed by atoms with E-state index >= 15 is 0 Å². The van der Waals surface area contributed by atoms with Gasteiger partial charge in [0.25, 0.3) is 0 Å². The summed E-state index contributed by atoms with van der Waals surface area (Å²) in [5.41, 5.74) is 0. The molecular formula is C24H60Br2ClN3. The molecule has 0 saturated carbocycles. The van der Waals surface area contributed by atoms with Gasteiger partial charge in [0.15, 0.2) is 0 Å². The van der Waals surface area contributed by atoms with Gasteiger partial charge in [-0.05, 0) is 83.1 Å². The largest absolute Gasteiger partial charge is 1.00 e. The molecule has 0 rings (SSSR count). The monoisotopic (exact) mass is 583 g/mol. The molecule has 0 spiro atoms. The molecule has 0 saturated heterocycles. The van der Waals surface area contributed by atoms with Crippen molar-refractivity contribution in [1.82, 2.24) is 0 Å². The average molecular weight is 586 g/mol. The quantitative estimate of drug-likeness (QED) is 0.210. The molecule has 0 aliphatic heterocycles. The van der Waals surface area contributed by atoms with Gasteiger partial charge in [-0.15, -0.1) is 0 Å². The summed E-state index contributed by atoms with van der Waals surface area (Å²) >= 11 is 0. The Morgan fingerprint density at radius 1 is 0.267 bits per heavy atom. The van der Waals surface area contributed by atoms with Gasteiger partial charge < -0.3 is 59.8 Å². The molecule has 0 amide bonds. The molecule has 0 aromatic rings. The highest BCUT2D eigenvalue weighted by Gasteiger charge is 2.17. The van der Waals surface area contributed by atoms with Gasteiger partial charge >= 0.3 is 0 Å². The molecule has 0 bridgehead atoms. The van der Waals surface area contributed by atoms with Crippen molar-refractivity contribution < 1.29 is 59.8 Å². The van der Waals surface area contributed by atoms with Gasteiger partial charge in [-0.2, -0.15) is 0 Å². The Balaban J connectivity index is -0.0000000686. The summed E-state index contributed by atoms with van der Waals surface area (Å²) in [6, 6.07) is 0. The summed E-state index contributed by atoms with van der Waals surface area (Å²) in [4.78, 5) is 0. The van der Waals surface area contributed by atoms with E-state index < -0.39 is 0 Å². The van der Waals surface area contributed by atoms with Crippen molar-refractivity contribution in [3.8, 4) is 0 Å². The summed E-state index contributed by atoms with van der Waals surface area (Å²) in [6.07, 6.45) is 0. The van der Waals surface area contributed by atoms with E-state index in [9.17, 15) is 0 Å². The van der Waals surface area contributed by atoms with E-state index in [0.717, 1.165) is 0 Å². The maximum absolute atomic E-state index is 2.27. The minimum Gasteiger partial charge on any atom is -1.00 e. The van der Waals surface area contributed by atoms with E-state index in [0.29, 0.717) is 0 Å². The van der Waals surface area contributed by atoms with Gasteiger partial charge in [-0.3, -0.25) is 0 Å². The van der Waals surface area contributed by atoms with Crippen molar-refractivity contribution in [3.05, 3.63) is 0 Å². The molecule has 0 unspecified atom stereocenters. The number of hydrogen-bond donors (Lipinski definition) is 0. The van der Waals surface area contributed by atoms with Crippen molar-refractivity contribution in [3.63, 3.8) is 0 Å². The van der Waals surface area contributed by atoms with Crippen LogP contribution in [0.15, 0.2) is 0 Å². The molecule has 30 heavy (non-hydrogen) atoms. The molecule has 0 aromatic heterocycles. The summed E-state index contributed by atoms with van der Waals surface area (Å²) < 4.78 is 3.83. The molecule has 192 valence electrons. The fourth-order valence-corrected chi connectivity index (χ4v) is 4.02. The molecule has 0 aromatic carbocycles. The molecular weight excluding hydrogens is 526 g/mol. The van der Waals surface area contributed by atoms with E-state index in [4.69, 9.17) is 0 Å². The number of rotatable bonds is 12. The lowest BCUT2D eigenvalue weighted by Crippen LogP contribution is -3.00. The second kappa shape index (κ2) is 26.4. The molecule has 0 fully saturated rings. The fourth-order valence-electron chi connectivity index (χ4n) is 4.02. The summed E-state index contributed by atoms with van der Waals surface area (Å²) in [5.74, 6) is 0. The van der Waals surface area contributed by atoms with Crippen LogP contribution < -0.4 is 46.4 Å². The zero-order chi connectivity index (χ0) is 22.0. The fraction of sp³-hybridized carbons (Fsp3) is 1.00. The summed E-state index contributed by atoms with van der Waals surface area (Å²) in [6.45, 7) is 42.7. The zero-order valence-corrected chi connectivity index (χ0v) is 26.9. The van der Waals surface area contributed by atoms with Crippen molar-refractivity contribution >= 4 is 0 Å². The lowest BCUT2D eigenvalue weighted by Gasteiger charge is -2.34. The predicted molar refractivity (Wildman–Crippen MR) is 127 cm³/mol. The molecule has 0 aliphatic rings. The normalized spacial score (nSPS) is 10.8. The maximum atomic E-state index is 2.27. The highest BCUT2D eigenvalue weighted by atomic mass is 79.9. The van der Waals surface area contributed by atoms with Gasteiger partial charge in [0.05, 0.1) is 78.5 Å². The molecule has 0 N–H and O–H groups in total. The van der Waals surface area contributed by atoms with Crippen LogP contribution in [-0.4, -0.2) is 92.0 Å². The third-order valence-corrected chi connectivity index (χ3v) is 8.05. The van der Waals surface area contributed by atoms with Crippen molar-refractivity contribution in [1.29, 1.82) is 0 Å². The predicted octanol–water partition coefficient (Wildman–Crippen LogP) is -3.34. The van der Waals surface area contributed by atoms with E-state index in [1.807, 2.05) is 0 Å². The smallest absolute Gasteiger partial charge is 0.0757 e. The molecule has 0 aliphatic carbocycles. The second-order valence-corrected chi connectivity index (χ2v) is 7.82. The van der Waals surface area contributed by atoms with E-state index in [1.54, 1.807) is 0 Å². The van der Waals surface area contributed by atoms with Crippen LogP contribution in [0.4, 0.5) is 0 Å². The first-order chi connectivity index (χ1) is 12.7. The zero-order valence-electron chi connectivity index (χ0n) is 23.0. The van der Waals surface area contributed by atoms with Crippen LogP contribution in [0, 0.1) is 0 Å². The minimum atomic E-state index is 0. The number of hydrogen-bond acceptors (Lipinski definition) is 0. The maximum Gasteiger partial charge on any atom is 0.0757 e. The lowest BCUT2D eigenvalue weighted by atomic mass is 10.3. The van der Waals surface area contributed by atoms with Crippen molar-refractivity contribution in [2.24, 2.45) is 0 Å². The Kier molecular flexibility index (Phi) is 39.4. The van der Waals surface area contributed by atoms with Crippen LogP contribution >= 0.6 is 0 Å². The molecule has 6 heteroatoms. The first-order valence-corrected chi connectivity index (χ1v) is 12.3. The average Bonchev–Trinajstić information content (AvgIpc) is 2.75. The third-order valence-electron chi connectivity index (χ3n) is 8.05. The van der Waals surface area contributed by atoms with Crippen molar-refractivity contribution in [2.75, 3.05) is 78.5 Å². The molecule has 0 heterocycles. The number of nitrogens with zero attached hydrogens (tertiary/aromatic N) is 3. The first-order valence-electron chi connectivity index (χ1n) is 12.3. The van der Waals surface area contributed by atoms with Gasteiger partial charge in [0.2, 0.25) is 0 Å². The molecule has 0 radical (unpaired) electrons. The Morgan fingerprint density at radius 3 is 0.333 bits per heavy atom. The van der Waals surface area contributed by atoms with E-state index in [2.05, 4.69) is 83.1 Å². The second-order valence-electron chi connectivity index (χ2n) is 7.82. The van der Waals surface area contributed by atoms with Gasteiger partial charge in [-0.25, -0.2) is 0 Å². The Hall–Kier alpha value is 1.13. The Bertz CT molecular complexity index is 207.